The van der Waals surface area contributed by atoms with E-state index in [9.17, 15) is 18.0 Å². The first-order chi connectivity index (χ1) is 13.1. The molecule has 0 saturated carbocycles. The Morgan fingerprint density at radius 3 is 2.46 bits per heavy atom. The fourth-order valence-electron chi connectivity index (χ4n) is 3.92. The molecule has 1 fully saturated rings. The van der Waals surface area contributed by atoms with E-state index >= 15 is 0 Å². The van der Waals surface area contributed by atoms with Crippen molar-refractivity contribution in [3.8, 4) is 0 Å². The van der Waals surface area contributed by atoms with E-state index in [0.29, 0.717) is 17.4 Å². The summed E-state index contributed by atoms with van der Waals surface area (Å²) in [4.78, 5) is 12.2. The van der Waals surface area contributed by atoms with Crippen molar-refractivity contribution < 1.29 is 18.0 Å². The van der Waals surface area contributed by atoms with Crippen molar-refractivity contribution in [1.82, 2.24) is 10.4 Å². The zero-order chi connectivity index (χ0) is 20.5. The lowest BCUT2D eigenvalue weighted by Gasteiger charge is -2.32. The molecule has 1 aliphatic heterocycles. The molecule has 1 amide bonds. The van der Waals surface area contributed by atoms with Gasteiger partial charge < -0.3 is 0 Å². The number of hydrogen-bond acceptors (Lipinski definition) is 2. The first-order valence-corrected chi connectivity index (χ1v) is 9.80. The van der Waals surface area contributed by atoms with Crippen LogP contribution < -0.4 is 5.43 Å². The molecule has 1 saturated heterocycles. The van der Waals surface area contributed by atoms with E-state index in [2.05, 4.69) is 12.3 Å². The second-order valence-electron chi connectivity index (χ2n) is 8.21. The maximum atomic E-state index is 14.3. The molecule has 2 aromatic rings. The van der Waals surface area contributed by atoms with Crippen LogP contribution in [-0.4, -0.2) is 23.6 Å². The fourth-order valence-corrected chi connectivity index (χ4v) is 3.92. The van der Waals surface area contributed by atoms with Crippen molar-refractivity contribution in [1.29, 1.82) is 0 Å². The number of carbonyl (C=O) groups is 1. The topological polar surface area (TPSA) is 32.3 Å². The average Bonchev–Trinajstić information content (AvgIpc) is 2.88. The molecule has 0 bridgehead atoms. The quantitative estimate of drug-likeness (QED) is 0.654. The lowest BCUT2D eigenvalue weighted by Crippen LogP contribution is -2.44. The normalized spacial score (nSPS) is 18.4. The number of hydrazine groups is 1. The van der Waals surface area contributed by atoms with E-state index in [1.165, 1.54) is 0 Å². The molecule has 0 aliphatic carbocycles. The van der Waals surface area contributed by atoms with Gasteiger partial charge in [-0.1, -0.05) is 56.2 Å². The maximum Gasteiger partial charge on any atom is 0.409 e. The number of unbranched alkanes of at least 4 members (excludes halogenated alkanes) is 2. The molecule has 0 spiro atoms. The predicted octanol–water partition coefficient (Wildman–Crippen LogP) is 5.55. The second kappa shape index (κ2) is 7.74. The van der Waals surface area contributed by atoms with Crippen LogP contribution in [0.5, 0.6) is 0 Å². The van der Waals surface area contributed by atoms with Gasteiger partial charge in [0, 0.05) is 6.54 Å². The number of halogens is 3. The predicted molar refractivity (Wildman–Crippen MR) is 105 cm³/mol. The Hall–Kier alpha value is -2.08. The highest BCUT2D eigenvalue weighted by atomic mass is 19.4. The van der Waals surface area contributed by atoms with E-state index in [0.717, 1.165) is 29.7 Å². The van der Waals surface area contributed by atoms with Crippen LogP contribution in [0.15, 0.2) is 36.4 Å². The zero-order valence-corrected chi connectivity index (χ0v) is 16.6. The van der Waals surface area contributed by atoms with Gasteiger partial charge >= 0.3 is 6.18 Å². The van der Waals surface area contributed by atoms with Crippen LogP contribution >= 0.6 is 0 Å². The van der Waals surface area contributed by atoms with Gasteiger partial charge in [-0.3, -0.25) is 10.2 Å². The number of rotatable bonds is 6. The summed E-state index contributed by atoms with van der Waals surface area (Å²) < 4.78 is 43.0. The number of fused-ring (bicyclic) bond motifs is 1. The highest BCUT2D eigenvalue weighted by Crippen LogP contribution is 2.44. The van der Waals surface area contributed by atoms with Crippen molar-refractivity contribution in [2.24, 2.45) is 5.41 Å². The third-order valence-corrected chi connectivity index (χ3v) is 5.43. The van der Waals surface area contributed by atoms with Crippen LogP contribution in [0.2, 0.25) is 0 Å². The summed E-state index contributed by atoms with van der Waals surface area (Å²) in [5.41, 5.74) is 2.58. The molecule has 1 atom stereocenters. The Bertz CT molecular complexity index is 860. The minimum absolute atomic E-state index is 0.00757. The SMILES string of the molecule is CCCCCc1ccc2ccccc2c1C(N1CC(C)(C)C(=O)N1)C(F)(F)F. The van der Waals surface area contributed by atoms with Gasteiger partial charge in [0.1, 0.15) is 0 Å². The number of amides is 1. The van der Waals surface area contributed by atoms with Crippen molar-refractivity contribution in [3.05, 3.63) is 47.5 Å². The van der Waals surface area contributed by atoms with E-state index in [4.69, 9.17) is 0 Å². The average molecular weight is 392 g/mol. The van der Waals surface area contributed by atoms with E-state index in [1.54, 1.807) is 26.0 Å². The standard InChI is InChI=1S/C22H27F3N2O/c1-4-5-6-10-16-13-12-15-9-7-8-11-17(15)18(16)19(22(23,24)25)27-14-21(2,3)20(28)26-27/h7-9,11-13,19H,4-6,10,14H2,1-3H3,(H,26,28). The molecule has 1 aliphatic rings. The van der Waals surface area contributed by atoms with Crippen molar-refractivity contribution >= 4 is 16.7 Å². The van der Waals surface area contributed by atoms with Gasteiger partial charge in [-0.15, -0.1) is 0 Å². The van der Waals surface area contributed by atoms with Crippen molar-refractivity contribution in [2.75, 3.05) is 6.54 Å². The van der Waals surface area contributed by atoms with Gasteiger partial charge in [0.25, 0.3) is 0 Å². The van der Waals surface area contributed by atoms with Crippen LogP contribution in [0.3, 0.4) is 0 Å². The van der Waals surface area contributed by atoms with E-state index in [-0.39, 0.29) is 18.0 Å². The molecule has 0 radical (unpaired) electrons. The van der Waals surface area contributed by atoms with Crippen LogP contribution in [0.4, 0.5) is 13.2 Å². The molecule has 3 nitrogen and oxygen atoms in total. The van der Waals surface area contributed by atoms with E-state index in [1.807, 2.05) is 24.3 Å². The highest BCUT2D eigenvalue weighted by Gasteiger charge is 2.52. The molecule has 3 rings (SSSR count). The lowest BCUT2D eigenvalue weighted by atomic mass is 9.89. The third-order valence-electron chi connectivity index (χ3n) is 5.43. The number of nitrogens with one attached hydrogen (secondary N) is 1. The summed E-state index contributed by atoms with van der Waals surface area (Å²) in [5, 5.41) is 2.45. The van der Waals surface area contributed by atoms with Gasteiger partial charge in [0.2, 0.25) is 5.91 Å². The van der Waals surface area contributed by atoms with Crippen LogP contribution in [0.25, 0.3) is 10.8 Å². The number of aryl methyl sites for hydroxylation is 1. The summed E-state index contributed by atoms with van der Waals surface area (Å²) in [6, 6.07) is 8.99. The Morgan fingerprint density at radius 1 is 1.14 bits per heavy atom. The minimum Gasteiger partial charge on any atom is -0.287 e. The van der Waals surface area contributed by atoms with E-state index < -0.39 is 17.6 Å². The Balaban J connectivity index is 2.15. The molecule has 6 heteroatoms. The minimum atomic E-state index is -4.52. The number of nitrogens with zero attached hydrogens (tertiary/aromatic N) is 1. The largest absolute Gasteiger partial charge is 0.409 e. The number of benzene rings is 2. The Kier molecular flexibility index (Phi) is 5.71. The maximum absolute atomic E-state index is 14.3. The first-order valence-electron chi connectivity index (χ1n) is 9.80. The van der Waals surface area contributed by atoms with Crippen LogP contribution in [0.1, 0.15) is 57.2 Å². The second-order valence-corrected chi connectivity index (χ2v) is 8.21. The molecule has 1 heterocycles. The molecule has 1 N–H and O–H groups in total. The lowest BCUT2D eigenvalue weighted by molar-refractivity contribution is -0.191. The molecule has 1 unspecified atom stereocenters. The molecular weight excluding hydrogens is 365 g/mol. The zero-order valence-electron chi connectivity index (χ0n) is 16.6. The van der Waals surface area contributed by atoms with Crippen LogP contribution in [0, 0.1) is 5.41 Å². The number of hydrogen-bond donors (Lipinski definition) is 1. The summed E-state index contributed by atoms with van der Waals surface area (Å²) in [6.45, 7) is 5.41. The van der Waals surface area contributed by atoms with Gasteiger partial charge in [-0.05, 0) is 48.6 Å². The highest BCUT2D eigenvalue weighted by molar-refractivity contribution is 5.88. The Morgan fingerprint density at radius 2 is 1.86 bits per heavy atom. The summed E-state index contributed by atoms with van der Waals surface area (Å²) in [5.74, 6) is -0.380. The number of carbonyl (C=O) groups excluding carboxylic acids is 1. The first kappa shape index (κ1) is 20.6. The smallest absolute Gasteiger partial charge is 0.287 e. The molecule has 152 valence electrons. The third kappa shape index (κ3) is 4.02. The molecule has 0 aromatic heterocycles. The van der Waals surface area contributed by atoms with Gasteiger partial charge in [-0.2, -0.15) is 13.2 Å². The van der Waals surface area contributed by atoms with Crippen molar-refractivity contribution in [3.63, 3.8) is 0 Å². The van der Waals surface area contributed by atoms with Crippen LogP contribution in [-0.2, 0) is 11.2 Å². The van der Waals surface area contributed by atoms with Gasteiger partial charge in [0.15, 0.2) is 6.04 Å². The summed E-state index contributed by atoms with van der Waals surface area (Å²) in [7, 11) is 0. The fraction of sp³-hybridized carbons (Fsp3) is 0.500. The number of alkyl halides is 3. The monoisotopic (exact) mass is 392 g/mol. The van der Waals surface area contributed by atoms with Gasteiger partial charge in [0.05, 0.1) is 5.41 Å². The molecule has 28 heavy (non-hydrogen) atoms. The molecule has 2 aromatic carbocycles. The summed E-state index contributed by atoms with van der Waals surface area (Å²) >= 11 is 0. The Labute approximate surface area is 163 Å². The van der Waals surface area contributed by atoms with Gasteiger partial charge in [-0.25, -0.2) is 5.01 Å². The summed E-state index contributed by atoms with van der Waals surface area (Å²) in [6.07, 6.45) is -1.12. The molecular formula is C22H27F3N2O. The van der Waals surface area contributed by atoms with Crippen molar-refractivity contribution in [2.45, 2.75) is 58.7 Å².